The molecular weight excluding hydrogens is 432 g/mol. The van der Waals surface area contributed by atoms with Gasteiger partial charge in [0.05, 0.1) is 23.1 Å². The number of nitrogens with zero attached hydrogens (tertiary/aromatic N) is 1. The molecule has 166 valence electrons. The van der Waals surface area contributed by atoms with Crippen LogP contribution in [0.15, 0.2) is 48.5 Å². The smallest absolute Gasteiger partial charge is 0.338 e. The Labute approximate surface area is 190 Å². The number of halogens is 1. The van der Waals surface area contributed by atoms with Crippen LogP contribution in [0.25, 0.3) is 0 Å². The molecule has 2 fully saturated rings. The number of anilines is 2. The summed E-state index contributed by atoms with van der Waals surface area (Å²) in [6.07, 6.45) is 2.41. The number of rotatable bonds is 5. The van der Waals surface area contributed by atoms with Crippen LogP contribution in [0.4, 0.5) is 11.4 Å². The average molecular weight is 455 g/mol. The van der Waals surface area contributed by atoms with Gasteiger partial charge in [-0.05, 0) is 67.6 Å². The molecular formula is C24H23ClN2O5. The molecule has 8 heteroatoms. The number of hydrogen-bond acceptors (Lipinski definition) is 5. The fourth-order valence-corrected chi connectivity index (χ4v) is 4.56. The zero-order valence-electron chi connectivity index (χ0n) is 17.5. The standard InChI is InChI=1S/C24H23ClN2O5/c1-14-5-10-19-20(11-14)23(30)27(22(19)29)18-8-6-15(7-9-18)24(31)32-13-21(28)26-17-4-2-3-16(25)12-17/h2-4,6-9,12,14,19-20H,5,10-11,13H2,1H3,(H,26,28)/t14-,19-,20+/m1/s1. The number of esters is 1. The molecule has 3 amide bonds. The maximum absolute atomic E-state index is 12.8. The number of benzene rings is 2. The van der Waals surface area contributed by atoms with E-state index >= 15 is 0 Å². The van der Waals surface area contributed by atoms with E-state index in [1.165, 1.54) is 17.0 Å². The minimum atomic E-state index is -0.681. The molecule has 2 aliphatic rings. The van der Waals surface area contributed by atoms with Crippen LogP contribution in [0.1, 0.15) is 36.5 Å². The molecule has 0 aromatic heterocycles. The summed E-state index contributed by atoms with van der Waals surface area (Å²) in [6.45, 7) is 1.64. The van der Waals surface area contributed by atoms with Crippen molar-refractivity contribution in [2.24, 2.45) is 17.8 Å². The van der Waals surface area contributed by atoms with Gasteiger partial charge < -0.3 is 10.1 Å². The predicted molar refractivity (Wildman–Crippen MR) is 119 cm³/mol. The molecule has 1 aliphatic carbocycles. The normalized spacial score (nSPS) is 22.4. The summed E-state index contributed by atoms with van der Waals surface area (Å²) in [4.78, 5) is 51.1. The molecule has 1 heterocycles. The maximum atomic E-state index is 12.8. The number of hydrogen-bond donors (Lipinski definition) is 1. The summed E-state index contributed by atoms with van der Waals surface area (Å²) in [5.41, 5.74) is 1.16. The molecule has 0 radical (unpaired) electrons. The Morgan fingerprint density at radius 1 is 1.06 bits per heavy atom. The minimum Gasteiger partial charge on any atom is -0.452 e. The summed E-state index contributed by atoms with van der Waals surface area (Å²) in [7, 11) is 0. The van der Waals surface area contributed by atoms with Gasteiger partial charge in [0.25, 0.3) is 5.91 Å². The Bertz CT molecular complexity index is 1070. The quantitative estimate of drug-likeness (QED) is 0.543. The van der Waals surface area contributed by atoms with Crippen LogP contribution in [-0.4, -0.2) is 30.3 Å². The lowest BCUT2D eigenvalue weighted by Crippen LogP contribution is -2.30. The third kappa shape index (κ3) is 4.53. The Hall–Kier alpha value is -3.19. The first-order valence-corrected chi connectivity index (χ1v) is 10.9. The molecule has 1 N–H and O–H groups in total. The van der Waals surface area contributed by atoms with E-state index in [0.717, 1.165) is 19.3 Å². The highest BCUT2D eigenvalue weighted by Crippen LogP contribution is 2.42. The molecule has 1 saturated carbocycles. The van der Waals surface area contributed by atoms with Gasteiger partial charge in [-0.1, -0.05) is 24.6 Å². The second-order valence-electron chi connectivity index (χ2n) is 8.32. The van der Waals surface area contributed by atoms with E-state index in [9.17, 15) is 19.2 Å². The molecule has 0 bridgehead atoms. The fourth-order valence-electron chi connectivity index (χ4n) is 4.37. The van der Waals surface area contributed by atoms with Gasteiger partial charge in [-0.25, -0.2) is 4.79 Å². The van der Waals surface area contributed by atoms with Gasteiger partial charge in [0.2, 0.25) is 11.8 Å². The Morgan fingerprint density at radius 2 is 1.78 bits per heavy atom. The molecule has 1 aliphatic heterocycles. The van der Waals surface area contributed by atoms with Gasteiger partial charge in [0, 0.05) is 10.7 Å². The van der Waals surface area contributed by atoms with E-state index in [1.807, 2.05) is 0 Å². The number of ether oxygens (including phenoxy) is 1. The topological polar surface area (TPSA) is 92.8 Å². The zero-order valence-corrected chi connectivity index (χ0v) is 18.3. The highest BCUT2D eigenvalue weighted by molar-refractivity contribution is 6.30. The van der Waals surface area contributed by atoms with E-state index in [-0.39, 0.29) is 29.2 Å². The lowest BCUT2D eigenvalue weighted by atomic mass is 9.76. The number of imide groups is 1. The zero-order chi connectivity index (χ0) is 22.8. The second-order valence-corrected chi connectivity index (χ2v) is 8.76. The van der Waals surface area contributed by atoms with Crippen molar-refractivity contribution in [1.82, 2.24) is 0 Å². The summed E-state index contributed by atoms with van der Waals surface area (Å²) >= 11 is 5.87. The largest absolute Gasteiger partial charge is 0.452 e. The van der Waals surface area contributed by atoms with Crippen molar-refractivity contribution in [3.63, 3.8) is 0 Å². The second kappa shape index (κ2) is 9.12. The van der Waals surface area contributed by atoms with E-state index in [4.69, 9.17) is 16.3 Å². The van der Waals surface area contributed by atoms with Crippen molar-refractivity contribution in [2.75, 3.05) is 16.8 Å². The van der Waals surface area contributed by atoms with Gasteiger partial charge >= 0.3 is 5.97 Å². The SMILES string of the molecule is C[C@@H]1CC[C@H]2C(=O)N(c3ccc(C(=O)OCC(=O)Nc4cccc(Cl)c4)cc3)C(=O)[C@H]2C1. The highest BCUT2D eigenvalue weighted by atomic mass is 35.5. The van der Waals surface area contributed by atoms with Gasteiger partial charge in [0.15, 0.2) is 6.61 Å². The van der Waals surface area contributed by atoms with E-state index < -0.39 is 18.5 Å². The van der Waals surface area contributed by atoms with E-state index in [2.05, 4.69) is 12.2 Å². The molecule has 4 rings (SSSR count). The Morgan fingerprint density at radius 3 is 2.50 bits per heavy atom. The lowest BCUT2D eigenvalue weighted by molar-refractivity contribution is -0.122. The molecule has 0 spiro atoms. The molecule has 2 aromatic carbocycles. The van der Waals surface area contributed by atoms with Crippen molar-refractivity contribution in [1.29, 1.82) is 0 Å². The summed E-state index contributed by atoms with van der Waals surface area (Å²) in [6, 6.07) is 12.7. The van der Waals surface area contributed by atoms with Crippen LogP contribution >= 0.6 is 11.6 Å². The van der Waals surface area contributed by atoms with Crippen molar-refractivity contribution >= 4 is 46.7 Å². The minimum absolute atomic E-state index is 0.167. The number of carbonyl (C=O) groups is 4. The van der Waals surface area contributed by atoms with Crippen LogP contribution in [0, 0.1) is 17.8 Å². The Kier molecular flexibility index (Phi) is 6.28. The van der Waals surface area contributed by atoms with E-state index in [0.29, 0.717) is 22.3 Å². The van der Waals surface area contributed by atoms with Crippen molar-refractivity contribution in [3.05, 3.63) is 59.1 Å². The first-order valence-electron chi connectivity index (χ1n) is 10.5. The molecule has 2 aromatic rings. The number of nitrogens with one attached hydrogen (secondary N) is 1. The number of amides is 3. The molecule has 7 nitrogen and oxygen atoms in total. The van der Waals surface area contributed by atoms with Crippen LogP contribution in [0.3, 0.4) is 0 Å². The monoisotopic (exact) mass is 454 g/mol. The fraction of sp³-hybridized carbons (Fsp3) is 0.333. The predicted octanol–water partition coefficient (Wildman–Crippen LogP) is 4.06. The van der Waals surface area contributed by atoms with Gasteiger partial charge in [-0.3, -0.25) is 19.3 Å². The third-order valence-corrected chi connectivity index (χ3v) is 6.23. The average Bonchev–Trinajstić information content (AvgIpc) is 3.01. The Balaban J connectivity index is 1.36. The first kappa shape index (κ1) is 22.0. The van der Waals surface area contributed by atoms with Crippen LogP contribution in [0.2, 0.25) is 5.02 Å². The number of carbonyl (C=O) groups excluding carboxylic acids is 4. The number of fused-ring (bicyclic) bond motifs is 1. The maximum Gasteiger partial charge on any atom is 0.338 e. The summed E-state index contributed by atoms with van der Waals surface area (Å²) in [5.74, 6) is -1.59. The van der Waals surface area contributed by atoms with Gasteiger partial charge in [-0.15, -0.1) is 0 Å². The first-order chi connectivity index (χ1) is 15.3. The van der Waals surface area contributed by atoms with Crippen LogP contribution < -0.4 is 10.2 Å². The van der Waals surface area contributed by atoms with Crippen LogP contribution in [0.5, 0.6) is 0 Å². The van der Waals surface area contributed by atoms with E-state index in [1.54, 1.807) is 36.4 Å². The molecule has 0 unspecified atom stereocenters. The van der Waals surface area contributed by atoms with Crippen molar-refractivity contribution < 1.29 is 23.9 Å². The van der Waals surface area contributed by atoms with Gasteiger partial charge in [-0.2, -0.15) is 0 Å². The molecule has 3 atom stereocenters. The highest BCUT2D eigenvalue weighted by Gasteiger charge is 2.49. The van der Waals surface area contributed by atoms with Crippen molar-refractivity contribution in [2.45, 2.75) is 26.2 Å². The van der Waals surface area contributed by atoms with Crippen LogP contribution in [-0.2, 0) is 19.1 Å². The van der Waals surface area contributed by atoms with Gasteiger partial charge in [0.1, 0.15) is 0 Å². The molecule has 1 saturated heterocycles. The lowest BCUT2D eigenvalue weighted by Gasteiger charge is -2.25. The summed E-state index contributed by atoms with van der Waals surface area (Å²) in [5, 5.41) is 3.07. The molecule has 32 heavy (non-hydrogen) atoms. The third-order valence-electron chi connectivity index (χ3n) is 5.99. The summed E-state index contributed by atoms with van der Waals surface area (Å²) < 4.78 is 5.06. The van der Waals surface area contributed by atoms with Crippen molar-refractivity contribution in [3.8, 4) is 0 Å².